The Balaban J connectivity index is 1.38. The monoisotopic (exact) mass is 578 g/mol. The van der Waals surface area contributed by atoms with Crippen molar-refractivity contribution in [3.8, 4) is 17.2 Å². The van der Waals surface area contributed by atoms with Gasteiger partial charge in [-0.15, -0.1) is 0 Å². The van der Waals surface area contributed by atoms with Crippen molar-refractivity contribution in [3.05, 3.63) is 52.1 Å². The summed E-state index contributed by atoms with van der Waals surface area (Å²) in [5.74, 6) is -1.49. The van der Waals surface area contributed by atoms with Gasteiger partial charge in [0.1, 0.15) is 60.0 Å². The fourth-order valence-electron chi connectivity index (χ4n) is 4.98. The molecule has 5 rings (SSSR count). The van der Waals surface area contributed by atoms with Gasteiger partial charge in [-0.1, -0.05) is 0 Å². The van der Waals surface area contributed by atoms with E-state index in [1.54, 1.807) is 0 Å². The molecule has 3 aliphatic rings. The molecule has 2 heterocycles. The van der Waals surface area contributed by atoms with E-state index in [1.807, 2.05) is 0 Å². The summed E-state index contributed by atoms with van der Waals surface area (Å²) in [4.78, 5) is 26.5. The second kappa shape index (κ2) is 11.2. The first kappa shape index (κ1) is 29.3. The molecule has 14 heteroatoms. The van der Waals surface area contributed by atoms with E-state index in [2.05, 4.69) is 0 Å². The zero-order valence-corrected chi connectivity index (χ0v) is 21.9. The van der Waals surface area contributed by atoms with Crippen molar-refractivity contribution in [2.24, 2.45) is 0 Å². The van der Waals surface area contributed by atoms with Crippen LogP contribution in [0.15, 0.2) is 24.3 Å². The zero-order valence-electron chi connectivity index (χ0n) is 21.9. The Labute approximate surface area is 232 Å². The topological polar surface area (TPSA) is 222 Å². The van der Waals surface area contributed by atoms with Gasteiger partial charge in [-0.25, -0.2) is 0 Å². The van der Waals surface area contributed by atoms with Crippen molar-refractivity contribution in [1.29, 1.82) is 0 Å². The van der Waals surface area contributed by atoms with Gasteiger partial charge < -0.3 is 59.4 Å². The van der Waals surface area contributed by atoms with Crippen LogP contribution in [0.3, 0.4) is 0 Å². The van der Waals surface area contributed by atoms with E-state index in [4.69, 9.17) is 23.7 Å². The second-order valence-corrected chi connectivity index (χ2v) is 10.1. The van der Waals surface area contributed by atoms with Crippen LogP contribution in [0.2, 0.25) is 0 Å². The summed E-state index contributed by atoms with van der Waals surface area (Å²) in [6.07, 6.45) is -14.1. The molecule has 1 aliphatic carbocycles. The number of fused-ring (bicyclic) bond motifs is 2. The first-order valence-corrected chi connectivity index (χ1v) is 12.7. The van der Waals surface area contributed by atoms with Crippen molar-refractivity contribution in [1.82, 2.24) is 0 Å². The van der Waals surface area contributed by atoms with Gasteiger partial charge >= 0.3 is 0 Å². The number of ketones is 2. The van der Waals surface area contributed by atoms with E-state index in [1.165, 1.54) is 38.3 Å². The van der Waals surface area contributed by atoms with Crippen LogP contribution in [0, 0.1) is 6.92 Å². The minimum Gasteiger partial charge on any atom is -0.507 e. The van der Waals surface area contributed by atoms with Gasteiger partial charge in [0.15, 0.2) is 17.9 Å². The predicted octanol–water partition coefficient (Wildman–Crippen LogP) is -1.87. The Morgan fingerprint density at radius 3 is 2.27 bits per heavy atom. The number of rotatable bonds is 6. The lowest BCUT2D eigenvalue weighted by Gasteiger charge is -2.41. The number of methoxy groups -OCH3 is 1. The van der Waals surface area contributed by atoms with Gasteiger partial charge in [-0.2, -0.15) is 0 Å². The molecule has 0 amide bonds. The number of aliphatic hydroxyl groups is 6. The Morgan fingerprint density at radius 1 is 0.854 bits per heavy atom. The van der Waals surface area contributed by atoms with Crippen LogP contribution in [0.4, 0.5) is 0 Å². The number of aliphatic hydroxyl groups excluding tert-OH is 6. The highest BCUT2D eigenvalue weighted by molar-refractivity contribution is 6.29. The number of hydrogen-bond donors (Lipinski definition) is 7. The standard InChI is InChI=1S/C27H30O14/c1-9-15(6-13-17(18(9)29)20(31)11-4-3-10(37-2)5-12(11)19(13)30)40-27-25(36)23(34)22(33)16(41-27)8-39-26-24(35)21(32)14(28)7-38-26/h3-6,14,16,21-29,32-36H,7-8H2,1-2H3/t14-,16-,21+,22-,23+,24-,25-,26+,27-/m1/s1. The van der Waals surface area contributed by atoms with Crippen molar-refractivity contribution in [3.63, 3.8) is 0 Å². The molecule has 2 fully saturated rings. The summed E-state index contributed by atoms with van der Waals surface area (Å²) < 4.78 is 27.1. The number of ether oxygens (including phenoxy) is 5. The average molecular weight is 579 g/mol. The van der Waals surface area contributed by atoms with Crippen molar-refractivity contribution >= 4 is 11.6 Å². The van der Waals surface area contributed by atoms with E-state index < -0.39 is 79.2 Å². The van der Waals surface area contributed by atoms with Crippen LogP contribution in [-0.2, 0) is 14.2 Å². The maximum absolute atomic E-state index is 13.3. The molecule has 0 bridgehead atoms. The number of aromatic hydroxyl groups is 1. The maximum atomic E-state index is 13.3. The molecule has 222 valence electrons. The molecular weight excluding hydrogens is 548 g/mol. The Hall–Kier alpha value is -3.18. The number of carbonyl (C=O) groups is 2. The molecule has 2 aliphatic heterocycles. The van der Waals surface area contributed by atoms with Crippen LogP contribution in [0.25, 0.3) is 0 Å². The van der Waals surface area contributed by atoms with Crippen LogP contribution >= 0.6 is 0 Å². The van der Waals surface area contributed by atoms with Gasteiger partial charge in [0.05, 0.1) is 25.9 Å². The van der Waals surface area contributed by atoms with Crippen molar-refractivity contribution < 1.29 is 69.0 Å². The first-order chi connectivity index (χ1) is 19.4. The van der Waals surface area contributed by atoms with E-state index in [0.29, 0.717) is 5.75 Å². The van der Waals surface area contributed by atoms with Gasteiger partial charge in [0, 0.05) is 22.3 Å². The van der Waals surface area contributed by atoms with Crippen LogP contribution in [0.1, 0.15) is 37.4 Å². The number of phenols is 1. The fraction of sp³-hybridized carbons (Fsp3) is 0.481. The molecule has 0 radical (unpaired) electrons. The van der Waals surface area contributed by atoms with E-state index in [0.717, 1.165) is 0 Å². The summed E-state index contributed by atoms with van der Waals surface area (Å²) in [6, 6.07) is 5.56. The second-order valence-electron chi connectivity index (χ2n) is 10.1. The Morgan fingerprint density at radius 2 is 1.56 bits per heavy atom. The quantitative estimate of drug-likeness (QED) is 0.170. The number of phenolic OH excluding ortho intramolecular Hbond substituents is 1. The smallest absolute Gasteiger partial charge is 0.229 e. The molecule has 2 aromatic rings. The van der Waals surface area contributed by atoms with E-state index in [9.17, 15) is 45.3 Å². The van der Waals surface area contributed by atoms with E-state index in [-0.39, 0.29) is 40.2 Å². The van der Waals surface area contributed by atoms with Gasteiger partial charge in [-0.05, 0) is 31.2 Å². The summed E-state index contributed by atoms with van der Waals surface area (Å²) in [5, 5.41) is 71.9. The van der Waals surface area contributed by atoms with Crippen LogP contribution in [-0.4, -0.2) is 123 Å². The molecule has 2 aromatic carbocycles. The third-order valence-electron chi connectivity index (χ3n) is 7.48. The van der Waals surface area contributed by atoms with Gasteiger partial charge in [0.2, 0.25) is 6.29 Å². The zero-order chi connectivity index (χ0) is 29.7. The summed E-state index contributed by atoms with van der Waals surface area (Å²) >= 11 is 0. The molecule has 7 N–H and O–H groups in total. The first-order valence-electron chi connectivity index (χ1n) is 12.7. The molecule has 0 saturated carbocycles. The van der Waals surface area contributed by atoms with Gasteiger partial charge in [-0.3, -0.25) is 9.59 Å². The fourth-order valence-corrected chi connectivity index (χ4v) is 4.98. The molecule has 9 atom stereocenters. The maximum Gasteiger partial charge on any atom is 0.229 e. The highest BCUT2D eigenvalue weighted by Gasteiger charge is 2.47. The van der Waals surface area contributed by atoms with Gasteiger partial charge in [0.25, 0.3) is 0 Å². The lowest BCUT2D eigenvalue weighted by molar-refractivity contribution is -0.307. The third kappa shape index (κ3) is 5.07. The molecule has 0 spiro atoms. The molecule has 2 saturated heterocycles. The largest absolute Gasteiger partial charge is 0.507 e. The minimum absolute atomic E-state index is 0.0392. The van der Waals surface area contributed by atoms with Crippen LogP contribution in [0.5, 0.6) is 17.2 Å². The average Bonchev–Trinajstić information content (AvgIpc) is 2.97. The third-order valence-corrected chi connectivity index (χ3v) is 7.48. The number of hydrogen-bond acceptors (Lipinski definition) is 14. The highest BCUT2D eigenvalue weighted by atomic mass is 16.7. The van der Waals surface area contributed by atoms with Crippen LogP contribution < -0.4 is 9.47 Å². The SMILES string of the molecule is COc1ccc2c(c1)C(=O)c1cc(O[C@@H]3O[C@H](CO[C@@H]4OC[C@@H](O)[C@H](O)[C@H]4O)[C@@H](O)[C@H](O)[C@H]3O)c(C)c(O)c1C2=O. The summed E-state index contributed by atoms with van der Waals surface area (Å²) in [7, 11) is 1.41. The van der Waals surface area contributed by atoms with Crippen molar-refractivity contribution in [2.45, 2.75) is 62.2 Å². The lowest BCUT2D eigenvalue weighted by atomic mass is 9.82. The Kier molecular flexibility index (Phi) is 8.04. The number of carbonyl (C=O) groups excluding carboxylic acids is 2. The molecule has 41 heavy (non-hydrogen) atoms. The molecular formula is C27H30O14. The van der Waals surface area contributed by atoms with E-state index >= 15 is 0 Å². The normalized spacial score (nSPS) is 33.2. The molecule has 0 unspecified atom stereocenters. The molecule has 0 aromatic heterocycles. The molecule has 14 nitrogen and oxygen atoms in total. The Bertz CT molecular complexity index is 1340. The highest BCUT2D eigenvalue weighted by Crippen LogP contribution is 2.41. The predicted molar refractivity (Wildman–Crippen MR) is 134 cm³/mol. The summed E-state index contributed by atoms with van der Waals surface area (Å²) in [5.41, 5.74) is -0.193. The van der Waals surface area contributed by atoms with Crippen molar-refractivity contribution in [2.75, 3.05) is 20.3 Å². The summed E-state index contributed by atoms with van der Waals surface area (Å²) in [6.45, 7) is 0.577. The lowest BCUT2D eigenvalue weighted by Crippen LogP contribution is -2.61. The number of benzene rings is 2. The minimum atomic E-state index is -1.80.